The Hall–Kier alpha value is -0.340. The molecule has 0 heterocycles. The molecular formula is C15H22BrN. The summed E-state index contributed by atoms with van der Waals surface area (Å²) >= 11 is 3.59. The lowest BCUT2D eigenvalue weighted by Gasteiger charge is -2.20. The Balaban J connectivity index is 1.86. The van der Waals surface area contributed by atoms with Crippen molar-refractivity contribution in [1.29, 1.82) is 0 Å². The van der Waals surface area contributed by atoms with Gasteiger partial charge in [0, 0.05) is 17.1 Å². The molecular weight excluding hydrogens is 274 g/mol. The number of rotatable bonds is 4. The minimum absolute atomic E-state index is 0.651. The van der Waals surface area contributed by atoms with Gasteiger partial charge < -0.3 is 5.32 Å². The van der Waals surface area contributed by atoms with Gasteiger partial charge in [-0.2, -0.15) is 0 Å². The highest BCUT2D eigenvalue weighted by Gasteiger charge is 2.20. The van der Waals surface area contributed by atoms with E-state index in [-0.39, 0.29) is 0 Å². The second kappa shape index (κ2) is 6.01. The van der Waals surface area contributed by atoms with Crippen LogP contribution in [0, 0.1) is 12.8 Å². The van der Waals surface area contributed by atoms with Crippen molar-refractivity contribution in [2.75, 3.05) is 0 Å². The van der Waals surface area contributed by atoms with Crippen molar-refractivity contribution in [3.05, 3.63) is 33.8 Å². The van der Waals surface area contributed by atoms with Crippen LogP contribution < -0.4 is 5.32 Å². The van der Waals surface area contributed by atoms with E-state index in [1.54, 1.807) is 0 Å². The number of nitrogens with one attached hydrogen (secondary N) is 1. The maximum absolute atomic E-state index is 3.67. The molecule has 94 valence electrons. The Bertz CT molecular complexity index is 369. The molecule has 0 saturated heterocycles. The second-order valence-corrected chi connectivity index (χ2v) is 6.15. The van der Waals surface area contributed by atoms with Crippen LogP contribution in [0.1, 0.15) is 43.7 Å². The number of hydrogen-bond donors (Lipinski definition) is 1. The lowest BCUT2D eigenvalue weighted by atomic mass is 9.99. The Morgan fingerprint density at radius 1 is 1.35 bits per heavy atom. The van der Waals surface area contributed by atoms with Gasteiger partial charge in [0.1, 0.15) is 0 Å². The van der Waals surface area contributed by atoms with Crippen LogP contribution in [-0.4, -0.2) is 6.04 Å². The summed E-state index contributed by atoms with van der Waals surface area (Å²) in [4.78, 5) is 0. The maximum atomic E-state index is 3.67. The van der Waals surface area contributed by atoms with E-state index >= 15 is 0 Å². The molecule has 0 spiro atoms. The van der Waals surface area contributed by atoms with E-state index in [0.29, 0.717) is 6.04 Å². The van der Waals surface area contributed by atoms with Crippen molar-refractivity contribution < 1.29 is 0 Å². The van der Waals surface area contributed by atoms with Crippen molar-refractivity contribution in [1.82, 2.24) is 5.32 Å². The number of hydrogen-bond acceptors (Lipinski definition) is 1. The number of benzene rings is 1. The summed E-state index contributed by atoms with van der Waals surface area (Å²) in [6.07, 6.45) is 5.66. The molecule has 0 unspecified atom stereocenters. The van der Waals surface area contributed by atoms with Crippen molar-refractivity contribution in [2.24, 2.45) is 5.92 Å². The summed E-state index contributed by atoms with van der Waals surface area (Å²) in [6.45, 7) is 5.44. The summed E-state index contributed by atoms with van der Waals surface area (Å²) in [5.41, 5.74) is 2.67. The molecule has 1 aliphatic rings. The summed E-state index contributed by atoms with van der Waals surface area (Å²) < 4.78 is 1.21. The summed E-state index contributed by atoms with van der Waals surface area (Å²) in [6, 6.07) is 7.28. The van der Waals surface area contributed by atoms with Crippen LogP contribution in [0.15, 0.2) is 22.7 Å². The zero-order chi connectivity index (χ0) is 12.3. The van der Waals surface area contributed by atoms with Gasteiger partial charge in [-0.3, -0.25) is 0 Å². The minimum Gasteiger partial charge on any atom is -0.310 e. The van der Waals surface area contributed by atoms with E-state index in [0.717, 1.165) is 12.5 Å². The van der Waals surface area contributed by atoms with Gasteiger partial charge in [0.2, 0.25) is 0 Å². The first-order valence-corrected chi connectivity index (χ1v) is 7.44. The van der Waals surface area contributed by atoms with Crippen LogP contribution in [0.2, 0.25) is 0 Å². The minimum atomic E-state index is 0.651. The van der Waals surface area contributed by atoms with Gasteiger partial charge in [-0.05, 0) is 49.8 Å². The molecule has 1 N–H and O–H groups in total. The van der Waals surface area contributed by atoms with E-state index < -0.39 is 0 Å². The Kier molecular flexibility index (Phi) is 4.63. The smallest absolute Gasteiger partial charge is 0.0208 e. The monoisotopic (exact) mass is 295 g/mol. The molecule has 2 heteroatoms. The highest BCUT2D eigenvalue weighted by molar-refractivity contribution is 9.10. The molecule has 1 atom stereocenters. The van der Waals surface area contributed by atoms with Crippen LogP contribution in [0.25, 0.3) is 0 Å². The third-order valence-electron chi connectivity index (χ3n) is 3.97. The van der Waals surface area contributed by atoms with Crippen LogP contribution in [0.5, 0.6) is 0 Å². The van der Waals surface area contributed by atoms with Crippen molar-refractivity contribution in [3.63, 3.8) is 0 Å². The van der Waals surface area contributed by atoms with E-state index in [1.807, 2.05) is 0 Å². The first-order valence-electron chi connectivity index (χ1n) is 6.65. The predicted molar refractivity (Wildman–Crippen MR) is 77.1 cm³/mol. The molecule has 2 rings (SSSR count). The van der Waals surface area contributed by atoms with Gasteiger partial charge in [-0.25, -0.2) is 0 Å². The Labute approximate surface area is 113 Å². The molecule has 1 nitrogen and oxygen atoms in total. The lowest BCUT2D eigenvalue weighted by Crippen LogP contribution is -2.31. The highest BCUT2D eigenvalue weighted by Crippen LogP contribution is 2.27. The topological polar surface area (TPSA) is 12.0 Å². The third kappa shape index (κ3) is 3.56. The lowest BCUT2D eigenvalue weighted by molar-refractivity contribution is 0.380. The van der Waals surface area contributed by atoms with Crippen LogP contribution in [0.3, 0.4) is 0 Å². The van der Waals surface area contributed by atoms with Gasteiger partial charge in [-0.1, -0.05) is 40.9 Å². The molecule has 0 bridgehead atoms. The van der Waals surface area contributed by atoms with Crippen molar-refractivity contribution >= 4 is 15.9 Å². The van der Waals surface area contributed by atoms with Gasteiger partial charge in [-0.15, -0.1) is 0 Å². The van der Waals surface area contributed by atoms with Crippen LogP contribution in [0.4, 0.5) is 0 Å². The molecule has 0 aliphatic heterocycles. The molecule has 1 aliphatic carbocycles. The largest absolute Gasteiger partial charge is 0.310 e. The van der Waals surface area contributed by atoms with Crippen molar-refractivity contribution in [3.8, 4) is 0 Å². The summed E-state index contributed by atoms with van der Waals surface area (Å²) in [7, 11) is 0. The Morgan fingerprint density at radius 2 is 2.06 bits per heavy atom. The molecule has 1 aromatic rings. The third-order valence-corrected chi connectivity index (χ3v) is 4.83. The number of aryl methyl sites for hydroxylation is 1. The zero-order valence-corrected chi connectivity index (χ0v) is 12.4. The first kappa shape index (κ1) is 13.1. The Morgan fingerprint density at radius 3 is 2.71 bits per heavy atom. The molecule has 0 aromatic heterocycles. The molecule has 17 heavy (non-hydrogen) atoms. The van der Waals surface area contributed by atoms with Crippen LogP contribution in [-0.2, 0) is 6.54 Å². The van der Waals surface area contributed by atoms with Crippen molar-refractivity contribution in [2.45, 2.75) is 52.1 Å². The maximum Gasteiger partial charge on any atom is 0.0208 e. The van der Waals surface area contributed by atoms with E-state index in [4.69, 9.17) is 0 Å². The normalized spacial score (nSPS) is 18.5. The van der Waals surface area contributed by atoms with E-state index in [2.05, 4.69) is 53.3 Å². The molecule has 1 fully saturated rings. The zero-order valence-electron chi connectivity index (χ0n) is 10.8. The molecule has 0 radical (unpaired) electrons. The second-order valence-electron chi connectivity index (χ2n) is 5.30. The van der Waals surface area contributed by atoms with Gasteiger partial charge in [0.05, 0.1) is 0 Å². The highest BCUT2D eigenvalue weighted by atomic mass is 79.9. The summed E-state index contributed by atoms with van der Waals surface area (Å²) in [5, 5.41) is 3.67. The van der Waals surface area contributed by atoms with Gasteiger partial charge in [0.15, 0.2) is 0 Å². The fourth-order valence-electron chi connectivity index (χ4n) is 2.65. The fourth-order valence-corrected chi connectivity index (χ4v) is 3.08. The predicted octanol–water partition coefficient (Wildman–Crippen LogP) is 4.43. The van der Waals surface area contributed by atoms with E-state index in [9.17, 15) is 0 Å². The first-order chi connectivity index (χ1) is 8.16. The quantitative estimate of drug-likeness (QED) is 0.867. The fraction of sp³-hybridized carbons (Fsp3) is 0.600. The average molecular weight is 296 g/mol. The van der Waals surface area contributed by atoms with Gasteiger partial charge >= 0.3 is 0 Å². The SMILES string of the molecule is Cc1ccc(CN[C@H](C)C2CCCC2)cc1Br. The molecule has 1 aromatic carbocycles. The van der Waals surface area contributed by atoms with Gasteiger partial charge in [0.25, 0.3) is 0 Å². The average Bonchev–Trinajstić information content (AvgIpc) is 2.84. The molecule has 0 amide bonds. The standard InChI is InChI=1S/C15H22BrN/c1-11-7-8-13(9-15(11)16)10-17-12(2)14-5-3-4-6-14/h7-9,12,14,17H,3-6,10H2,1-2H3/t12-/m1/s1. The molecule has 1 saturated carbocycles. The number of halogens is 1. The summed E-state index contributed by atoms with van der Waals surface area (Å²) in [5.74, 6) is 0.892. The van der Waals surface area contributed by atoms with Crippen LogP contribution >= 0.6 is 15.9 Å². The van der Waals surface area contributed by atoms with E-state index in [1.165, 1.54) is 41.3 Å².